The van der Waals surface area contributed by atoms with Crippen molar-refractivity contribution in [2.75, 3.05) is 5.32 Å². The SMILES string of the molecule is O=C(Cn1c(=O)[nH]c2ccccc21)Nc1ccc(F)c(Cl)c1. The molecule has 1 heterocycles. The Bertz CT molecular complexity index is 917. The zero-order valence-electron chi connectivity index (χ0n) is 11.3. The second-order valence-corrected chi connectivity index (χ2v) is 5.12. The molecule has 2 N–H and O–H groups in total. The fourth-order valence-electron chi connectivity index (χ4n) is 2.18. The Morgan fingerprint density at radius 1 is 1.27 bits per heavy atom. The van der Waals surface area contributed by atoms with Crippen LogP contribution in [0.1, 0.15) is 0 Å². The summed E-state index contributed by atoms with van der Waals surface area (Å²) >= 11 is 5.66. The first kappa shape index (κ1) is 14.3. The lowest BCUT2D eigenvalue weighted by atomic mass is 10.3. The summed E-state index contributed by atoms with van der Waals surface area (Å²) in [6.07, 6.45) is 0. The maximum atomic E-state index is 13.1. The Morgan fingerprint density at radius 2 is 2.05 bits per heavy atom. The first-order valence-electron chi connectivity index (χ1n) is 6.47. The lowest BCUT2D eigenvalue weighted by molar-refractivity contribution is -0.116. The van der Waals surface area contributed by atoms with Gasteiger partial charge in [-0.05, 0) is 30.3 Å². The van der Waals surface area contributed by atoms with Crippen molar-refractivity contribution in [3.05, 3.63) is 63.8 Å². The van der Waals surface area contributed by atoms with Crippen molar-refractivity contribution < 1.29 is 9.18 Å². The Hall–Kier alpha value is -2.60. The summed E-state index contributed by atoms with van der Waals surface area (Å²) in [4.78, 5) is 26.6. The molecule has 1 amide bonds. The molecule has 3 rings (SSSR count). The first-order valence-corrected chi connectivity index (χ1v) is 6.85. The summed E-state index contributed by atoms with van der Waals surface area (Å²) in [7, 11) is 0. The average Bonchev–Trinajstić information content (AvgIpc) is 2.79. The van der Waals surface area contributed by atoms with Crippen LogP contribution in [0.15, 0.2) is 47.3 Å². The molecule has 2 aromatic carbocycles. The number of aromatic amines is 1. The van der Waals surface area contributed by atoms with Gasteiger partial charge in [0, 0.05) is 5.69 Å². The molecule has 7 heteroatoms. The van der Waals surface area contributed by atoms with Crippen molar-refractivity contribution in [3.63, 3.8) is 0 Å². The number of H-pyrrole nitrogens is 1. The van der Waals surface area contributed by atoms with Gasteiger partial charge in [0.15, 0.2) is 0 Å². The van der Waals surface area contributed by atoms with Crippen LogP contribution in [0.25, 0.3) is 11.0 Å². The van der Waals surface area contributed by atoms with Crippen LogP contribution in [0.5, 0.6) is 0 Å². The number of nitrogens with one attached hydrogen (secondary N) is 2. The van der Waals surface area contributed by atoms with Gasteiger partial charge in [0.2, 0.25) is 5.91 Å². The summed E-state index contributed by atoms with van der Waals surface area (Å²) in [5.74, 6) is -0.970. The van der Waals surface area contributed by atoms with E-state index >= 15 is 0 Å². The molecule has 0 atom stereocenters. The third-order valence-electron chi connectivity index (χ3n) is 3.19. The van der Waals surface area contributed by atoms with Crippen LogP contribution in [-0.4, -0.2) is 15.5 Å². The normalized spacial score (nSPS) is 10.8. The standard InChI is InChI=1S/C15H11ClFN3O2/c16-10-7-9(5-6-11(10)17)18-14(21)8-20-13-4-2-1-3-12(13)19-15(20)22/h1-7H,8H2,(H,18,21)(H,19,22). The van der Waals surface area contributed by atoms with E-state index in [1.54, 1.807) is 24.3 Å². The molecule has 0 radical (unpaired) electrons. The van der Waals surface area contributed by atoms with Crippen molar-refractivity contribution in [3.8, 4) is 0 Å². The Labute approximate surface area is 129 Å². The maximum absolute atomic E-state index is 13.1. The minimum atomic E-state index is -0.562. The van der Waals surface area contributed by atoms with Crippen LogP contribution in [0.4, 0.5) is 10.1 Å². The Kier molecular flexibility index (Phi) is 3.68. The molecule has 0 aliphatic heterocycles. The van der Waals surface area contributed by atoms with E-state index in [0.29, 0.717) is 16.7 Å². The molecule has 0 spiro atoms. The van der Waals surface area contributed by atoms with Crippen LogP contribution in [0, 0.1) is 5.82 Å². The van der Waals surface area contributed by atoms with E-state index in [2.05, 4.69) is 10.3 Å². The highest BCUT2D eigenvalue weighted by atomic mass is 35.5. The van der Waals surface area contributed by atoms with Crippen molar-refractivity contribution in [2.24, 2.45) is 0 Å². The first-order chi connectivity index (χ1) is 10.5. The molecule has 0 saturated carbocycles. The minimum Gasteiger partial charge on any atom is -0.324 e. The van der Waals surface area contributed by atoms with E-state index in [-0.39, 0.29) is 17.3 Å². The summed E-state index contributed by atoms with van der Waals surface area (Å²) < 4.78 is 14.4. The largest absolute Gasteiger partial charge is 0.326 e. The maximum Gasteiger partial charge on any atom is 0.326 e. The third-order valence-corrected chi connectivity index (χ3v) is 3.48. The molecule has 5 nitrogen and oxygen atoms in total. The second kappa shape index (κ2) is 5.65. The predicted molar refractivity (Wildman–Crippen MR) is 82.6 cm³/mol. The summed E-state index contributed by atoms with van der Waals surface area (Å²) in [6, 6.07) is 11.0. The monoisotopic (exact) mass is 319 g/mol. The molecule has 112 valence electrons. The molecular weight excluding hydrogens is 309 g/mol. The number of carbonyl (C=O) groups excluding carboxylic acids is 1. The molecule has 0 aliphatic rings. The van der Waals surface area contributed by atoms with E-state index < -0.39 is 11.7 Å². The third kappa shape index (κ3) is 2.73. The zero-order chi connectivity index (χ0) is 15.7. The van der Waals surface area contributed by atoms with Gasteiger partial charge in [-0.25, -0.2) is 9.18 Å². The number of imidazole rings is 1. The van der Waals surface area contributed by atoms with E-state index in [9.17, 15) is 14.0 Å². The van der Waals surface area contributed by atoms with Gasteiger partial charge in [-0.1, -0.05) is 23.7 Å². The number of para-hydroxylation sites is 2. The molecule has 3 aromatic rings. The molecule has 1 aromatic heterocycles. The van der Waals surface area contributed by atoms with Crippen molar-refractivity contribution >= 4 is 34.2 Å². The number of fused-ring (bicyclic) bond motifs is 1. The number of carbonyl (C=O) groups is 1. The van der Waals surface area contributed by atoms with Crippen LogP contribution in [-0.2, 0) is 11.3 Å². The van der Waals surface area contributed by atoms with E-state index in [1.807, 2.05) is 0 Å². The molecular formula is C15H11ClFN3O2. The highest BCUT2D eigenvalue weighted by Gasteiger charge is 2.11. The Morgan fingerprint density at radius 3 is 2.82 bits per heavy atom. The average molecular weight is 320 g/mol. The Balaban J connectivity index is 1.82. The number of amides is 1. The number of anilines is 1. The highest BCUT2D eigenvalue weighted by molar-refractivity contribution is 6.31. The second-order valence-electron chi connectivity index (χ2n) is 4.71. The van der Waals surface area contributed by atoms with Gasteiger partial charge >= 0.3 is 5.69 Å². The topological polar surface area (TPSA) is 66.9 Å². The number of hydrogen-bond acceptors (Lipinski definition) is 2. The predicted octanol–water partition coefficient (Wildman–Crippen LogP) is 2.76. The van der Waals surface area contributed by atoms with Crippen LogP contribution in [0.2, 0.25) is 5.02 Å². The van der Waals surface area contributed by atoms with Gasteiger partial charge in [0.25, 0.3) is 0 Å². The number of hydrogen-bond donors (Lipinski definition) is 2. The molecule has 0 aliphatic carbocycles. The van der Waals surface area contributed by atoms with E-state index in [1.165, 1.54) is 16.7 Å². The van der Waals surface area contributed by atoms with Gasteiger partial charge in [-0.2, -0.15) is 0 Å². The quantitative estimate of drug-likeness (QED) is 0.779. The number of rotatable bonds is 3. The van der Waals surface area contributed by atoms with Crippen LogP contribution in [0.3, 0.4) is 0 Å². The summed E-state index contributed by atoms with van der Waals surface area (Å²) in [6.45, 7) is -0.155. The lowest BCUT2D eigenvalue weighted by Gasteiger charge is -2.07. The van der Waals surface area contributed by atoms with Gasteiger partial charge in [-0.15, -0.1) is 0 Å². The number of benzene rings is 2. The van der Waals surface area contributed by atoms with Crippen molar-refractivity contribution in [1.29, 1.82) is 0 Å². The van der Waals surface area contributed by atoms with Gasteiger partial charge in [0.05, 0.1) is 16.1 Å². The number of nitrogens with zero attached hydrogens (tertiary/aromatic N) is 1. The summed E-state index contributed by atoms with van der Waals surface area (Å²) in [5, 5.41) is 2.50. The van der Waals surface area contributed by atoms with Crippen LogP contribution >= 0.6 is 11.6 Å². The smallest absolute Gasteiger partial charge is 0.324 e. The van der Waals surface area contributed by atoms with Crippen LogP contribution < -0.4 is 11.0 Å². The fourth-order valence-corrected chi connectivity index (χ4v) is 2.36. The van der Waals surface area contributed by atoms with Crippen molar-refractivity contribution in [1.82, 2.24) is 9.55 Å². The number of aromatic nitrogens is 2. The zero-order valence-corrected chi connectivity index (χ0v) is 12.0. The van der Waals surface area contributed by atoms with E-state index in [4.69, 9.17) is 11.6 Å². The minimum absolute atomic E-state index is 0.0814. The van der Waals surface area contributed by atoms with Gasteiger partial charge in [-0.3, -0.25) is 9.36 Å². The summed E-state index contributed by atoms with van der Waals surface area (Å²) in [5.41, 5.74) is 1.29. The molecule has 0 bridgehead atoms. The molecule has 0 unspecified atom stereocenters. The van der Waals surface area contributed by atoms with Crippen molar-refractivity contribution in [2.45, 2.75) is 6.54 Å². The van der Waals surface area contributed by atoms with Gasteiger partial charge < -0.3 is 10.3 Å². The van der Waals surface area contributed by atoms with E-state index in [0.717, 1.165) is 6.07 Å². The van der Waals surface area contributed by atoms with Gasteiger partial charge in [0.1, 0.15) is 12.4 Å². The lowest BCUT2D eigenvalue weighted by Crippen LogP contribution is -2.25. The molecule has 0 fully saturated rings. The number of halogens is 2. The molecule has 0 saturated heterocycles. The fraction of sp³-hybridized carbons (Fsp3) is 0.0667. The molecule has 22 heavy (non-hydrogen) atoms. The highest BCUT2D eigenvalue weighted by Crippen LogP contribution is 2.19.